The summed E-state index contributed by atoms with van der Waals surface area (Å²) in [7, 11) is 0. The van der Waals surface area contributed by atoms with Crippen LogP contribution < -0.4 is 5.32 Å². The van der Waals surface area contributed by atoms with Crippen molar-refractivity contribution >= 4 is 11.9 Å². The molecule has 3 N–H and O–H groups in total. The predicted octanol–water partition coefficient (Wildman–Crippen LogP) is 17.1. The largest absolute Gasteiger partial charge is 0.466 e. The number of amides is 1. The Balaban J connectivity index is 3.48. The fourth-order valence-electron chi connectivity index (χ4n) is 8.63. The Labute approximate surface area is 392 Å². The molecule has 0 aliphatic carbocycles. The second kappa shape index (κ2) is 53.0. The van der Waals surface area contributed by atoms with Crippen LogP contribution >= 0.6 is 0 Å². The molecule has 0 radical (unpaired) electrons. The Kier molecular flexibility index (Phi) is 51.6. The molecular weight excluding hydrogens is 779 g/mol. The fourth-order valence-corrected chi connectivity index (χ4v) is 8.63. The third-order valence-corrected chi connectivity index (χ3v) is 13.0. The van der Waals surface area contributed by atoms with Crippen molar-refractivity contribution in [1.29, 1.82) is 0 Å². The molecule has 2 atom stereocenters. The molecule has 0 aromatic rings. The zero-order chi connectivity index (χ0) is 45.8. The number of allylic oxidation sites excluding steroid dienone is 3. The molecule has 6 heteroatoms. The number of esters is 1. The van der Waals surface area contributed by atoms with Gasteiger partial charge < -0.3 is 20.3 Å². The van der Waals surface area contributed by atoms with Crippen LogP contribution in [0.1, 0.15) is 303 Å². The first-order valence-corrected chi connectivity index (χ1v) is 28.1. The van der Waals surface area contributed by atoms with Crippen molar-refractivity contribution < 1.29 is 24.5 Å². The van der Waals surface area contributed by atoms with E-state index in [1.54, 1.807) is 6.08 Å². The number of nitrogens with one attached hydrogen (secondary N) is 1. The van der Waals surface area contributed by atoms with Crippen LogP contribution in [0.4, 0.5) is 0 Å². The summed E-state index contributed by atoms with van der Waals surface area (Å²) in [5.41, 5.74) is 0. The van der Waals surface area contributed by atoms with Gasteiger partial charge in [0.25, 0.3) is 0 Å². The summed E-state index contributed by atoms with van der Waals surface area (Å²) < 4.78 is 5.47. The van der Waals surface area contributed by atoms with E-state index < -0.39 is 12.1 Å². The molecule has 0 bridgehead atoms. The average Bonchev–Trinajstić information content (AvgIpc) is 3.28. The highest BCUT2D eigenvalue weighted by Crippen LogP contribution is 2.16. The summed E-state index contributed by atoms with van der Waals surface area (Å²) in [4.78, 5) is 24.5. The van der Waals surface area contributed by atoms with E-state index in [1.807, 2.05) is 6.08 Å². The summed E-state index contributed by atoms with van der Waals surface area (Å²) in [6.07, 6.45) is 63.3. The van der Waals surface area contributed by atoms with Gasteiger partial charge in [-0.25, -0.2) is 0 Å². The van der Waals surface area contributed by atoms with Crippen LogP contribution in [0.15, 0.2) is 24.3 Å². The molecule has 2 unspecified atom stereocenters. The Hall–Kier alpha value is -1.66. The number of hydrogen-bond acceptors (Lipinski definition) is 5. The lowest BCUT2D eigenvalue weighted by Gasteiger charge is -2.20. The summed E-state index contributed by atoms with van der Waals surface area (Å²) in [5.74, 6) is -0.0850. The second-order valence-electron chi connectivity index (χ2n) is 19.3. The van der Waals surface area contributed by atoms with Gasteiger partial charge in [-0.1, -0.05) is 256 Å². The van der Waals surface area contributed by atoms with E-state index in [-0.39, 0.29) is 18.5 Å². The maximum absolute atomic E-state index is 12.4. The molecule has 0 saturated carbocycles. The number of aliphatic hydroxyl groups is 2. The van der Waals surface area contributed by atoms with Gasteiger partial charge in [0.2, 0.25) is 5.91 Å². The van der Waals surface area contributed by atoms with E-state index in [9.17, 15) is 19.8 Å². The van der Waals surface area contributed by atoms with E-state index in [4.69, 9.17) is 4.74 Å². The third-order valence-electron chi connectivity index (χ3n) is 13.0. The van der Waals surface area contributed by atoms with E-state index >= 15 is 0 Å². The van der Waals surface area contributed by atoms with E-state index in [1.165, 1.54) is 212 Å². The van der Waals surface area contributed by atoms with Gasteiger partial charge in [-0.3, -0.25) is 9.59 Å². The molecule has 0 aromatic heterocycles. The molecular formula is C57H109NO5. The molecule has 372 valence electrons. The summed E-state index contributed by atoms with van der Waals surface area (Å²) in [6.45, 7) is 4.89. The van der Waals surface area contributed by atoms with Crippen molar-refractivity contribution in [3.05, 3.63) is 24.3 Å². The van der Waals surface area contributed by atoms with Crippen LogP contribution in [0.5, 0.6) is 0 Å². The van der Waals surface area contributed by atoms with Gasteiger partial charge in [-0.2, -0.15) is 0 Å². The molecule has 0 aliphatic rings. The molecule has 0 spiro atoms. The molecule has 0 aromatic carbocycles. The Bertz CT molecular complexity index is 982. The van der Waals surface area contributed by atoms with Crippen molar-refractivity contribution in [3.8, 4) is 0 Å². The Morgan fingerprint density at radius 1 is 0.429 bits per heavy atom. The summed E-state index contributed by atoms with van der Waals surface area (Å²) in [6, 6.07) is -0.639. The van der Waals surface area contributed by atoms with Crippen LogP contribution in [0.3, 0.4) is 0 Å². The zero-order valence-electron chi connectivity index (χ0n) is 42.3. The predicted molar refractivity (Wildman–Crippen MR) is 273 cm³/mol. The van der Waals surface area contributed by atoms with E-state index in [0.717, 1.165) is 64.2 Å². The van der Waals surface area contributed by atoms with Crippen LogP contribution in [-0.2, 0) is 14.3 Å². The van der Waals surface area contributed by atoms with Gasteiger partial charge in [0, 0.05) is 12.8 Å². The summed E-state index contributed by atoms with van der Waals surface area (Å²) >= 11 is 0. The monoisotopic (exact) mass is 888 g/mol. The van der Waals surface area contributed by atoms with Crippen molar-refractivity contribution in [3.63, 3.8) is 0 Å². The molecule has 0 heterocycles. The number of unbranched alkanes of at least 4 members (excludes halogenated alkanes) is 39. The lowest BCUT2D eigenvalue weighted by Crippen LogP contribution is -2.45. The number of carbonyl (C=O) groups is 2. The molecule has 0 rings (SSSR count). The average molecular weight is 889 g/mol. The number of ether oxygens (including phenoxy) is 1. The molecule has 0 aliphatic heterocycles. The number of hydrogen-bond donors (Lipinski definition) is 3. The van der Waals surface area contributed by atoms with Crippen LogP contribution in [0, 0.1) is 0 Å². The number of aliphatic hydroxyl groups excluding tert-OH is 2. The molecule has 1 amide bonds. The van der Waals surface area contributed by atoms with E-state index in [2.05, 4.69) is 31.3 Å². The van der Waals surface area contributed by atoms with Gasteiger partial charge in [0.1, 0.15) is 0 Å². The first-order valence-electron chi connectivity index (χ1n) is 28.1. The third kappa shape index (κ3) is 49.6. The number of rotatable bonds is 52. The summed E-state index contributed by atoms with van der Waals surface area (Å²) in [5, 5.41) is 23.1. The minimum atomic E-state index is -0.854. The topological polar surface area (TPSA) is 95.9 Å². The van der Waals surface area contributed by atoms with Crippen LogP contribution in [-0.4, -0.2) is 47.4 Å². The van der Waals surface area contributed by atoms with Gasteiger partial charge in [0.15, 0.2) is 0 Å². The number of carbonyl (C=O) groups excluding carboxylic acids is 2. The van der Waals surface area contributed by atoms with Gasteiger partial charge in [-0.15, -0.1) is 0 Å². The quantitative estimate of drug-likeness (QED) is 0.0321. The second-order valence-corrected chi connectivity index (χ2v) is 19.3. The highest BCUT2D eigenvalue weighted by atomic mass is 16.5. The molecule has 0 fully saturated rings. The van der Waals surface area contributed by atoms with Gasteiger partial charge in [-0.05, 0) is 57.8 Å². The van der Waals surface area contributed by atoms with E-state index in [0.29, 0.717) is 19.4 Å². The Morgan fingerprint density at radius 3 is 1.13 bits per heavy atom. The fraction of sp³-hybridized carbons (Fsp3) is 0.895. The maximum Gasteiger partial charge on any atom is 0.305 e. The maximum atomic E-state index is 12.4. The minimum absolute atomic E-state index is 0.000959. The van der Waals surface area contributed by atoms with Crippen molar-refractivity contribution in [2.24, 2.45) is 0 Å². The lowest BCUT2D eigenvalue weighted by molar-refractivity contribution is -0.143. The van der Waals surface area contributed by atoms with Gasteiger partial charge in [0.05, 0.1) is 25.4 Å². The first-order chi connectivity index (χ1) is 31.0. The molecule has 6 nitrogen and oxygen atoms in total. The SMILES string of the molecule is CCCCCCCCCCCCCCC/C=C/C(O)C(CO)NC(=O)CCCCCCC/C=C\CCCCCCCCCOC(=O)CCCCCCCCCCCCCCCCC. The van der Waals surface area contributed by atoms with Crippen molar-refractivity contribution in [2.75, 3.05) is 13.2 Å². The smallest absolute Gasteiger partial charge is 0.305 e. The van der Waals surface area contributed by atoms with Crippen LogP contribution in [0.25, 0.3) is 0 Å². The van der Waals surface area contributed by atoms with Crippen molar-refractivity contribution in [2.45, 2.75) is 315 Å². The zero-order valence-corrected chi connectivity index (χ0v) is 42.3. The van der Waals surface area contributed by atoms with Crippen molar-refractivity contribution in [1.82, 2.24) is 5.32 Å². The molecule has 0 saturated heterocycles. The first kappa shape index (κ1) is 61.3. The standard InChI is InChI=1S/C57H109NO5/c1-3-5-7-9-11-13-15-17-21-25-29-33-37-41-45-49-55(60)54(53-59)58-56(61)50-46-42-38-34-30-26-23-19-20-24-28-32-36-40-44-48-52-63-57(62)51-47-43-39-35-31-27-22-18-16-14-12-10-8-6-4-2/h19,23,45,49,54-55,59-60H,3-18,20-22,24-44,46-48,50-53H2,1-2H3,(H,58,61)/b23-19-,49-45+. The van der Waals surface area contributed by atoms with Crippen LogP contribution in [0.2, 0.25) is 0 Å². The Morgan fingerprint density at radius 2 is 0.746 bits per heavy atom. The van der Waals surface area contributed by atoms with Gasteiger partial charge >= 0.3 is 5.97 Å². The normalized spacial score (nSPS) is 12.8. The highest BCUT2D eigenvalue weighted by Gasteiger charge is 2.18. The minimum Gasteiger partial charge on any atom is -0.466 e. The lowest BCUT2D eigenvalue weighted by atomic mass is 10.0. The highest BCUT2D eigenvalue weighted by molar-refractivity contribution is 5.76. The molecule has 63 heavy (non-hydrogen) atoms.